The van der Waals surface area contributed by atoms with Crippen molar-refractivity contribution in [2.45, 2.75) is 71.6 Å². The lowest BCUT2D eigenvalue weighted by molar-refractivity contribution is -0.886. The van der Waals surface area contributed by atoms with Gasteiger partial charge < -0.3 is 5.21 Å². The van der Waals surface area contributed by atoms with Crippen molar-refractivity contribution in [2.24, 2.45) is 0 Å². The van der Waals surface area contributed by atoms with Gasteiger partial charge in [0.05, 0.1) is 6.54 Å². The Kier molecular flexibility index (Phi) is 11.4. The van der Waals surface area contributed by atoms with Crippen LogP contribution in [0.5, 0.6) is 0 Å². The lowest BCUT2D eigenvalue weighted by Crippen LogP contribution is -3.14. The Balaban J connectivity index is 3.27. The highest BCUT2D eigenvalue weighted by atomic mass is 16.5. The van der Waals surface area contributed by atoms with Crippen molar-refractivity contribution in [1.29, 1.82) is 0 Å². The van der Waals surface area contributed by atoms with E-state index in [1.165, 1.54) is 32.1 Å². The molecule has 0 bridgehead atoms. The smallest absolute Gasteiger partial charge is 0.265 e. The first-order valence-corrected chi connectivity index (χ1v) is 7.03. The van der Waals surface area contributed by atoms with Crippen LogP contribution in [0.25, 0.3) is 0 Å². The molecule has 4 nitrogen and oxygen atoms in total. The maximum Gasteiger partial charge on any atom is 0.265 e. The van der Waals surface area contributed by atoms with Gasteiger partial charge in [0.2, 0.25) is 0 Å². The van der Waals surface area contributed by atoms with Crippen LogP contribution in [-0.2, 0) is 4.79 Å². The van der Waals surface area contributed by atoms with Gasteiger partial charge in [0.25, 0.3) is 5.91 Å². The summed E-state index contributed by atoms with van der Waals surface area (Å²) in [5.74, 6) is -0.114. The van der Waals surface area contributed by atoms with E-state index in [9.17, 15) is 10.0 Å². The van der Waals surface area contributed by atoms with E-state index >= 15 is 0 Å². The fraction of sp³-hybridized carbons (Fsp3) is 0.923. The SMILES string of the molecule is CCCCCCCCCC(=O)N[NH+]([O-])CCC. The van der Waals surface area contributed by atoms with Crippen molar-refractivity contribution in [3.05, 3.63) is 5.21 Å². The van der Waals surface area contributed by atoms with E-state index < -0.39 is 0 Å². The van der Waals surface area contributed by atoms with Crippen molar-refractivity contribution in [2.75, 3.05) is 6.54 Å². The van der Waals surface area contributed by atoms with E-state index in [-0.39, 0.29) is 11.1 Å². The van der Waals surface area contributed by atoms with Crippen molar-refractivity contribution in [1.82, 2.24) is 5.43 Å². The molecule has 0 saturated carbocycles. The third-order valence-electron chi connectivity index (χ3n) is 2.76. The minimum atomic E-state index is -0.138. The Hall–Kier alpha value is -0.610. The molecular formula is C13H28N2O2. The molecule has 17 heavy (non-hydrogen) atoms. The van der Waals surface area contributed by atoms with Gasteiger partial charge in [-0.1, -0.05) is 52.4 Å². The molecule has 0 heterocycles. The highest BCUT2D eigenvalue weighted by molar-refractivity contribution is 5.74. The summed E-state index contributed by atoms with van der Waals surface area (Å²) in [5.41, 5.74) is 2.41. The van der Waals surface area contributed by atoms with Gasteiger partial charge >= 0.3 is 0 Å². The maximum atomic E-state index is 11.3. The molecule has 1 amide bonds. The summed E-state index contributed by atoms with van der Waals surface area (Å²) >= 11 is 0. The van der Waals surface area contributed by atoms with Crippen LogP contribution in [0, 0.1) is 5.21 Å². The molecule has 0 aromatic rings. The molecule has 1 unspecified atom stereocenters. The van der Waals surface area contributed by atoms with Gasteiger partial charge in [0.1, 0.15) is 0 Å². The third kappa shape index (κ3) is 11.6. The maximum absolute atomic E-state index is 11.3. The highest BCUT2D eigenvalue weighted by Gasteiger charge is 2.04. The number of rotatable bonds is 11. The van der Waals surface area contributed by atoms with E-state index in [0.717, 1.165) is 19.3 Å². The molecule has 1 atom stereocenters. The number of unbranched alkanes of at least 4 members (excludes halogenated alkanes) is 6. The molecule has 0 radical (unpaired) electrons. The zero-order valence-corrected chi connectivity index (χ0v) is 11.4. The van der Waals surface area contributed by atoms with Crippen molar-refractivity contribution < 1.29 is 9.97 Å². The summed E-state index contributed by atoms with van der Waals surface area (Å²) in [6.45, 7) is 4.58. The zero-order chi connectivity index (χ0) is 12.9. The van der Waals surface area contributed by atoms with E-state index in [4.69, 9.17) is 0 Å². The van der Waals surface area contributed by atoms with Gasteiger partial charge in [0.15, 0.2) is 0 Å². The molecular weight excluding hydrogens is 216 g/mol. The lowest BCUT2D eigenvalue weighted by atomic mass is 10.1. The Morgan fingerprint density at radius 2 is 1.59 bits per heavy atom. The van der Waals surface area contributed by atoms with Crippen LogP contribution in [-0.4, -0.2) is 12.5 Å². The molecule has 0 aliphatic carbocycles. The highest BCUT2D eigenvalue weighted by Crippen LogP contribution is 2.07. The number of hydroxylamine groups is 1. The van der Waals surface area contributed by atoms with E-state index in [1.807, 2.05) is 6.92 Å². The average molecular weight is 244 g/mol. The second-order valence-electron chi connectivity index (χ2n) is 4.59. The molecule has 0 rings (SSSR count). The van der Waals surface area contributed by atoms with Gasteiger partial charge in [-0.25, -0.2) is 5.43 Å². The van der Waals surface area contributed by atoms with Gasteiger partial charge in [0, 0.05) is 6.42 Å². The second-order valence-corrected chi connectivity index (χ2v) is 4.59. The number of hydrogen-bond donors (Lipinski definition) is 2. The molecule has 0 aromatic heterocycles. The standard InChI is InChI=1S/C13H28N2O2/c1-3-5-6-7-8-9-10-11-13(16)14-15(17)12-4-2/h15H,3-12H2,1-2H3,(H,14,16). The Morgan fingerprint density at radius 1 is 1.00 bits per heavy atom. The van der Waals surface area contributed by atoms with Crippen molar-refractivity contribution in [3.63, 3.8) is 0 Å². The van der Waals surface area contributed by atoms with E-state index in [2.05, 4.69) is 12.3 Å². The predicted octanol–water partition coefficient (Wildman–Crippen LogP) is 1.95. The van der Waals surface area contributed by atoms with Crippen molar-refractivity contribution >= 4 is 5.91 Å². The lowest BCUT2D eigenvalue weighted by Gasteiger charge is -2.20. The summed E-state index contributed by atoms with van der Waals surface area (Å²) in [6.07, 6.45) is 9.63. The number of nitrogens with one attached hydrogen (secondary N) is 2. The number of amides is 1. The van der Waals surface area contributed by atoms with Crippen LogP contribution in [0.1, 0.15) is 71.6 Å². The zero-order valence-electron chi connectivity index (χ0n) is 11.4. The monoisotopic (exact) mass is 244 g/mol. The van der Waals surface area contributed by atoms with Gasteiger partial charge in [-0.2, -0.15) is 0 Å². The third-order valence-corrected chi connectivity index (χ3v) is 2.76. The number of hydrogen-bond acceptors (Lipinski definition) is 2. The predicted molar refractivity (Wildman–Crippen MR) is 70.2 cm³/mol. The Bertz CT molecular complexity index is 186. The Morgan fingerprint density at radius 3 is 2.18 bits per heavy atom. The van der Waals surface area contributed by atoms with Crippen LogP contribution in [0.2, 0.25) is 0 Å². The molecule has 0 aliphatic rings. The average Bonchev–Trinajstić information content (AvgIpc) is 2.28. The second kappa shape index (κ2) is 11.9. The number of quaternary nitrogens is 1. The van der Waals surface area contributed by atoms with Gasteiger partial charge in [-0.3, -0.25) is 9.97 Å². The van der Waals surface area contributed by atoms with Crippen LogP contribution in [0.3, 0.4) is 0 Å². The fourth-order valence-electron chi connectivity index (χ4n) is 1.75. The first-order valence-electron chi connectivity index (χ1n) is 7.03. The minimum Gasteiger partial charge on any atom is -0.608 e. The Labute approximate surface area is 105 Å². The molecule has 0 fully saturated rings. The summed E-state index contributed by atoms with van der Waals surface area (Å²) < 4.78 is 0. The minimum absolute atomic E-state index is 0.114. The van der Waals surface area contributed by atoms with E-state index in [1.54, 1.807) is 0 Å². The van der Waals surface area contributed by atoms with Crippen LogP contribution < -0.4 is 10.6 Å². The molecule has 0 spiro atoms. The first-order chi connectivity index (χ1) is 8.20. The first kappa shape index (κ1) is 16.4. The molecule has 0 saturated heterocycles. The molecule has 0 aliphatic heterocycles. The number of carbonyl (C=O) groups is 1. The summed E-state index contributed by atoms with van der Waals surface area (Å²) in [7, 11) is 0. The topological polar surface area (TPSA) is 56.6 Å². The molecule has 0 aromatic carbocycles. The van der Waals surface area contributed by atoms with E-state index in [0.29, 0.717) is 13.0 Å². The summed E-state index contributed by atoms with van der Waals surface area (Å²) in [6, 6.07) is 0. The fourth-order valence-corrected chi connectivity index (χ4v) is 1.75. The van der Waals surface area contributed by atoms with Crippen LogP contribution in [0.15, 0.2) is 0 Å². The number of carbonyl (C=O) groups excluding carboxylic acids is 1. The summed E-state index contributed by atoms with van der Waals surface area (Å²) in [5, 5.41) is 11.0. The van der Waals surface area contributed by atoms with Crippen LogP contribution >= 0.6 is 0 Å². The molecule has 4 heteroatoms. The molecule has 102 valence electrons. The van der Waals surface area contributed by atoms with Gasteiger partial charge in [-0.05, 0) is 12.8 Å². The van der Waals surface area contributed by atoms with Crippen molar-refractivity contribution in [3.8, 4) is 0 Å². The summed E-state index contributed by atoms with van der Waals surface area (Å²) in [4.78, 5) is 11.3. The normalized spacial score (nSPS) is 12.4. The van der Waals surface area contributed by atoms with Gasteiger partial charge in [-0.15, -0.1) is 0 Å². The van der Waals surface area contributed by atoms with Crippen LogP contribution in [0.4, 0.5) is 0 Å². The largest absolute Gasteiger partial charge is 0.608 e. The quantitative estimate of drug-likeness (QED) is 0.431. The molecule has 2 N–H and O–H groups in total.